The van der Waals surface area contributed by atoms with Crippen LogP contribution in [0.4, 0.5) is 11.4 Å². The molecule has 0 aliphatic carbocycles. The van der Waals surface area contributed by atoms with Crippen molar-refractivity contribution in [3.8, 4) is 0 Å². The van der Waals surface area contributed by atoms with Gasteiger partial charge < -0.3 is 15.8 Å². The molecule has 0 aliphatic heterocycles. The Bertz CT molecular complexity index is 377. The lowest BCUT2D eigenvalue weighted by atomic mass is 10.1. The van der Waals surface area contributed by atoms with Crippen LogP contribution in [-0.4, -0.2) is 18.6 Å². The van der Waals surface area contributed by atoms with Crippen LogP contribution in [0.5, 0.6) is 0 Å². The fourth-order valence-electron chi connectivity index (χ4n) is 1.20. The minimum Gasteiger partial charge on any atom is -0.397 e. The second-order valence-electron chi connectivity index (χ2n) is 4.40. The standard InChI is InChI=1S/C13H20N2O2/c1-9(2)10(3)17-8-13(16)15-12-7-5-4-6-11(12)14/h4-7,9-10H,8,14H2,1-3H3,(H,15,16). The van der Waals surface area contributed by atoms with Crippen LogP contribution in [0.15, 0.2) is 24.3 Å². The van der Waals surface area contributed by atoms with Crippen LogP contribution in [0.3, 0.4) is 0 Å². The SMILES string of the molecule is CC(C)C(C)OCC(=O)Nc1ccccc1N. The fourth-order valence-corrected chi connectivity index (χ4v) is 1.20. The molecule has 0 fully saturated rings. The second-order valence-corrected chi connectivity index (χ2v) is 4.40. The number of nitrogen functional groups attached to an aromatic ring is 1. The molecule has 4 heteroatoms. The molecule has 1 aromatic carbocycles. The highest BCUT2D eigenvalue weighted by molar-refractivity contribution is 5.94. The summed E-state index contributed by atoms with van der Waals surface area (Å²) in [6.07, 6.45) is 0.0638. The second kappa shape index (κ2) is 6.25. The van der Waals surface area contributed by atoms with Gasteiger partial charge in [0.1, 0.15) is 6.61 Å². The van der Waals surface area contributed by atoms with Crippen molar-refractivity contribution in [2.45, 2.75) is 26.9 Å². The number of hydrogen-bond acceptors (Lipinski definition) is 3. The number of hydrogen-bond donors (Lipinski definition) is 2. The topological polar surface area (TPSA) is 64.3 Å². The first-order valence-corrected chi connectivity index (χ1v) is 5.76. The quantitative estimate of drug-likeness (QED) is 0.771. The Morgan fingerprint density at radius 2 is 2.00 bits per heavy atom. The van der Waals surface area contributed by atoms with Crippen LogP contribution < -0.4 is 11.1 Å². The van der Waals surface area contributed by atoms with E-state index in [0.29, 0.717) is 17.3 Å². The van der Waals surface area contributed by atoms with Crippen molar-refractivity contribution in [2.24, 2.45) is 5.92 Å². The molecule has 0 spiro atoms. The maximum absolute atomic E-state index is 11.6. The molecule has 4 nitrogen and oxygen atoms in total. The summed E-state index contributed by atoms with van der Waals surface area (Å²) in [7, 11) is 0. The summed E-state index contributed by atoms with van der Waals surface area (Å²) < 4.78 is 5.42. The van der Waals surface area contributed by atoms with E-state index < -0.39 is 0 Å². The summed E-state index contributed by atoms with van der Waals surface area (Å²) in [5, 5.41) is 2.72. The third kappa shape index (κ3) is 4.44. The van der Waals surface area contributed by atoms with Crippen LogP contribution in [0, 0.1) is 5.92 Å². The number of rotatable bonds is 5. The molecule has 0 bridgehead atoms. The molecule has 17 heavy (non-hydrogen) atoms. The number of carbonyl (C=O) groups is 1. The van der Waals surface area contributed by atoms with E-state index in [2.05, 4.69) is 19.2 Å². The number of para-hydroxylation sites is 2. The Morgan fingerprint density at radius 1 is 1.35 bits per heavy atom. The van der Waals surface area contributed by atoms with Crippen molar-refractivity contribution < 1.29 is 9.53 Å². The van der Waals surface area contributed by atoms with Crippen LogP contribution in [0.2, 0.25) is 0 Å². The number of anilines is 2. The van der Waals surface area contributed by atoms with Gasteiger partial charge in [-0.15, -0.1) is 0 Å². The lowest BCUT2D eigenvalue weighted by molar-refractivity contribution is -0.123. The lowest BCUT2D eigenvalue weighted by Gasteiger charge is -2.16. The van der Waals surface area contributed by atoms with Crippen LogP contribution >= 0.6 is 0 Å². The Kier molecular flexibility index (Phi) is 4.97. The monoisotopic (exact) mass is 236 g/mol. The first-order valence-electron chi connectivity index (χ1n) is 5.76. The number of nitrogens with two attached hydrogens (primary N) is 1. The van der Waals surface area contributed by atoms with E-state index in [1.165, 1.54) is 0 Å². The average Bonchev–Trinajstić information content (AvgIpc) is 2.29. The highest BCUT2D eigenvalue weighted by atomic mass is 16.5. The van der Waals surface area contributed by atoms with Crippen LogP contribution in [0.25, 0.3) is 0 Å². The molecule has 1 rings (SSSR count). The van der Waals surface area contributed by atoms with Gasteiger partial charge in [0.2, 0.25) is 5.91 Å². The molecule has 1 unspecified atom stereocenters. The summed E-state index contributed by atoms with van der Waals surface area (Å²) in [4.78, 5) is 11.6. The molecule has 1 atom stereocenters. The minimum atomic E-state index is -0.185. The molecule has 1 amide bonds. The Balaban J connectivity index is 2.43. The minimum absolute atomic E-state index is 0.0493. The number of amides is 1. The highest BCUT2D eigenvalue weighted by Crippen LogP contribution is 2.16. The summed E-state index contributed by atoms with van der Waals surface area (Å²) >= 11 is 0. The maximum Gasteiger partial charge on any atom is 0.250 e. The summed E-state index contributed by atoms with van der Waals surface area (Å²) in [5.74, 6) is 0.208. The van der Waals surface area contributed by atoms with Gasteiger partial charge in [-0.3, -0.25) is 4.79 Å². The molecule has 0 saturated heterocycles. The molecule has 0 aliphatic rings. The van der Waals surface area contributed by atoms with E-state index in [9.17, 15) is 4.79 Å². The Hall–Kier alpha value is -1.55. The van der Waals surface area contributed by atoms with Gasteiger partial charge in [-0.1, -0.05) is 26.0 Å². The first-order chi connectivity index (χ1) is 8.00. The van der Waals surface area contributed by atoms with Gasteiger partial charge in [-0.2, -0.15) is 0 Å². The van der Waals surface area contributed by atoms with Crippen molar-refractivity contribution >= 4 is 17.3 Å². The van der Waals surface area contributed by atoms with E-state index in [4.69, 9.17) is 10.5 Å². The van der Waals surface area contributed by atoms with E-state index in [1.807, 2.05) is 19.1 Å². The normalized spacial score (nSPS) is 12.5. The molecule has 94 valence electrons. The molecule has 0 heterocycles. The van der Waals surface area contributed by atoms with E-state index in [-0.39, 0.29) is 18.6 Å². The molecular formula is C13H20N2O2. The number of benzene rings is 1. The molecule has 0 radical (unpaired) electrons. The van der Waals surface area contributed by atoms with Crippen molar-refractivity contribution in [3.05, 3.63) is 24.3 Å². The molecule has 3 N–H and O–H groups in total. The lowest BCUT2D eigenvalue weighted by Crippen LogP contribution is -2.24. The van der Waals surface area contributed by atoms with Crippen molar-refractivity contribution in [1.29, 1.82) is 0 Å². The third-order valence-electron chi connectivity index (χ3n) is 2.65. The van der Waals surface area contributed by atoms with Gasteiger partial charge in [-0.05, 0) is 25.0 Å². The number of carbonyl (C=O) groups excluding carboxylic acids is 1. The van der Waals surface area contributed by atoms with E-state index >= 15 is 0 Å². The largest absolute Gasteiger partial charge is 0.397 e. The van der Waals surface area contributed by atoms with Gasteiger partial charge in [0.05, 0.1) is 17.5 Å². The zero-order valence-corrected chi connectivity index (χ0v) is 10.6. The number of ether oxygens (including phenoxy) is 1. The van der Waals surface area contributed by atoms with E-state index in [0.717, 1.165) is 0 Å². The van der Waals surface area contributed by atoms with Crippen molar-refractivity contribution in [1.82, 2.24) is 0 Å². The van der Waals surface area contributed by atoms with Gasteiger partial charge >= 0.3 is 0 Å². The maximum atomic E-state index is 11.6. The predicted molar refractivity (Wildman–Crippen MR) is 69.7 cm³/mol. The molecule has 0 saturated carbocycles. The van der Waals surface area contributed by atoms with Crippen LogP contribution in [0.1, 0.15) is 20.8 Å². The van der Waals surface area contributed by atoms with Gasteiger partial charge in [-0.25, -0.2) is 0 Å². The Labute approximate surface area is 102 Å². The number of nitrogens with one attached hydrogen (secondary N) is 1. The highest BCUT2D eigenvalue weighted by Gasteiger charge is 2.10. The van der Waals surface area contributed by atoms with Crippen molar-refractivity contribution in [3.63, 3.8) is 0 Å². The Morgan fingerprint density at radius 3 is 2.59 bits per heavy atom. The predicted octanol–water partition coefficient (Wildman–Crippen LogP) is 2.27. The molecule has 0 aromatic heterocycles. The van der Waals surface area contributed by atoms with Gasteiger partial charge in [0, 0.05) is 0 Å². The summed E-state index contributed by atoms with van der Waals surface area (Å²) in [6, 6.07) is 7.15. The van der Waals surface area contributed by atoms with Gasteiger partial charge in [0.25, 0.3) is 0 Å². The van der Waals surface area contributed by atoms with E-state index in [1.54, 1.807) is 12.1 Å². The summed E-state index contributed by atoms with van der Waals surface area (Å²) in [5.41, 5.74) is 6.89. The molecule has 1 aromatic rings. The summed E-state index contributed by atoms with van der Waals surface area (Å²) in [6.45, 7) is 6.11. The smallest absolute Gasteiger partial charge is 0.250 e. The van der Waals surface area contributed by atoms with Crippen LogP contribution in [-0.2, 0) is 9.53 Å². The third-order valence-corrected chi connectivity index (χ3v) is 2.65. The van der Waals surface area contributed by atoms with Crippen molar-refractivity contribution in [2.75, 3.05) is 17.7 Å². The zero-order chi connectivity index (χ0) is 12.8. The average molecular weight is 236 g/mol. The molecular weight excluding hydrogens is 216 g/mol. The first kappa shape index (κ1) is 13.5. The fraction of sp³-hybridized carbons (Fsp3) is 0.462. The zero-order valence-electron chi connectivity index (χ0n) is 10.6. The van der Waals surface area contributed by atoms with Gasteiger partial charge in [0.15, 0.2) is 0 Å².